The summed E-state index contributed by atoms with van der Waals surface area (Å²) in [5, 5.41) is 4.06. The highest BCUT2D eigenvalue weighted by atomic mass is 32.2. The molecule has 0 saturated heterocycles. The van der Waals surface area contributed by atoms with Gasteiger partial charge >= 0.3 is 0 Å². The SMILES string of the molecule is CCCNc1cccc(CSc2ncccn2)n1. The van der Waals surface area contributed by atoms with Gasteiger partial charge in [0, 0.05) is 24.7 Å². The Morgan fingerprint density at radius 2 is 2.00 bits per heavy atom. The fourth-order valence-electron chi connectivity index (χ4n) is 1.41. The number of nitrogens with one attached hydrogen (secondary N) is 1. The molecule has 0 aromatic carbocycles. The molecule has 2 aromatic rings. The number of hydrogen-bond donors (Lipinski definition) is 1. The van der Waals surface area contributed by atoms with Gasteiger partial charge in [0.2, 0.25) is 0 Å². The summed E-state index contributed by atoms with van der Waals surface area (Å²) in [5.41, 5.74) is 1.04. The molecule has 2 heterocycles. The van der Waals surface area contributed by atoms with E-state index in [-0.39, 0.29) is 0 Å². The largest absolute Gasteiger partial charge is 0.370 e. The van der Waals surface area contributed by atoms with Gasteiger partial charge in [-0.25, -0.2) is 15.0 Å². The number of thioether (sulfide) groups is 1. The van der Waals surface area contributed by atoms with Gasteiger partial charge in [-0.3, -0.25) is 0 Å². The van der Waals surface area contributed by atoms with Gasteiger partial charge in [0.05, 0.1) is 5.69 Å². The van der Waals surface area contributed by atoms with E-state index in [2.05, 4.69) is 27.2 Å². The molecule has 0 bridgehead atoms. The predicted molar refractivity (Wildman–Crippen MR) is 74.6 cm³/mol. The van der Waals surface area contributed by atoms with Crippen LogP contribution in [-0.2, 0) is 5.75 Å². The predicted octanol–water partition coefficient (Wildman–Crippen LogP) is 2.99. The van der Waals surface area contributed by atoms with Crippen LogP contribution in [0.1, 0.15) is 19.0 Å². The molecule has 5 heteroatoms. The van der Waals surface area contributed by atoms with Gasteiger partial charge in [-0.15, -0.1) is 0 Å². The molecule has 0 spiro atoms. The summed E-state index contributed by atoms with van der Waals surface area (Å²) in [6, 6.07) is 7.85. The Bertz CT molecular complexity index is 475. The molecule has 0 atom stereocenters. The van der Waals surface area contributed by atoms with Gasteiger partial charge in [0.15, 0.2) is 5.16 Å². The quantitative estimate of drug-likeness (QED) is 0.639. The van der Waals surface area contributed by atoms with Crippen molar-refractivity contribution in [1.82, 2.24) is 15.0 Å². The molecule has 4 nitrogen and oxygen atoms in total. The van der Waals surface area contributed by atoms with Crippen molar-refractivity contribution >= 4 is 17.6 Å². The Kier molecular flexibility index (Phi) is 4.96. The number of pyridine rings is 1. The van der Waals surface area contributed by atoms with Crippen molar-refractivity contribution in [2.24, 2.45) is 0 Å². The van der Waals surface area contributed by atoms with E-state index in [9.17, 15) is 0 Å². The number of nitrogens with zero attached hydrogens (tertiary/aromatic N) is 3. The zero-order valence-electron chi connectivity index (χ0n) is 10.3. The third-order valence-electron chi connectivity index (χ3n) is 2.25. The summed E-state index contributed by atoms with van der Waals surface area (Å²) in [7, 11) is 0. The minimum atomic E-state index is 0.783. The normalized spacial score (nSPS) is 10.3. The van der Waals surface area contributed by atoms with Crippen molar-refractivity contribution in [1.29, 1.82) is 0 Å². The van der Waals surface area contributed by atoms with Crippen LogP contribution in [0.3, 0.4) is 0 Å². The van der Waals surface area contributed by atoms with Crippen LogP contribution in [0.2, 0.25) is 0 Å². The van der Waals surface area contributed by atoms with Crippen LogP contribution in [0.25, 0.3) is 0 Å². The van der Waals surface area contributed by atoms with Gasteiger partial charge in [0.1, 0.15) is 5.82 Å². The van der Waals surface area contributed by atoms with E-state index in [1.807, 2.05) is 24.3 Å². The fraction of sp³-hybridized carbons (Fsp3) is 0.308. The lowest BCUT2D eigenvalue weighted by atomic mass is 10.3. The number of rotatable bonds is 6. The summed E-state index contributed by atoms with van der Waals surface area (Å²) in [6.45, 7) is 3.09. The summed E-state index contributed by atoms with van der Waals surface area (Å²) >= 11 is 1.59. The fourth-order valence-corrected chi connectivity index (χ4v) is 2.12. The molecule has 0 aliphatic carbocycles. The first-order chi connectivity index (χ1) is 8.88. The number of aromatic nitrogens is 3. The molecule has 0 aliphatic heterocycles. The monoisotopic (exact) mass is 260 g/mol. The van der Waals surface area contributed by atoms with Crippen LogP contribution in [0.4, 0.5) is 5.82 Å². The van der Waals surface area contributed by atoms with E-state index >= 15 is 0 Å². The second-order valence-electron chi connectivity index (χ2n) is 3.76. The van der Waals surface area contributed by atoms with Crippen molar-refractivity contribution in [2.75, 3.05) is 11.9 Å². The Hall–Kier alpha value is -1.62. The first-order valence-electron chi connectivity index (χ1n) is 5.98. The zero-order chi connectivity index (χ0) is 12.6. The second-order valence-corrected chi connectivity index (χ2v) is 4.70. The summed E-state index contributed by atoms with van der Waals surface area (Å²) in [4.78, 5) is 12.9. The van der Waals surface area contributed by atoms with Crippen LogP contribution in [0.15, 0.2) is 41.8 Å². The lowest BCUT2D eigenvalue weighted by Gasteiger charge is -2.05. The standard InChI is InChI=1S/C13H16N4S/c1-2-7-14-12-6-3-5-11(17-12)10-18-13-15-8-4-9-16-13/h3-6,8-9H,2,7,10H2,1H3,(H,14,17). The number of hydrogen-bond acceptors (Lipinski definition) is 5. The lowest BCUT2D eigenvalue weighted by molar-refractivity contribution is 0.958. The molecule has 0 unspecified atom stereocenters. The molecule has 0 aliphatic rings. The molecule has 0 saturated carbocycles. The molecule has 18 heavy (non-hydrogen) atoms. The summed E-state index contributed by atoms with van der Waals surface area (Å²) in [5.74, 6) is 1.72. The van der Waals surface area contributed by atoms with Crippen molar-refractivity contribution in [2.45, 2.75) is 24.3 Å². The lowest BCUT2D eigenvalue weighted by Crippen LogP contribution is -2.02. The third kappa shape index (κ3) is 4.00. The maximum absolute atomic E-state index is 4.54. The van der Waals surface area contributed by atoms with E-state index in [1.165, 1.54) is 0 Å². The maximum Gasteiger partial charge on any atom is 0.187 e. The maximum atomic E-state index is 4.54. The Balaban J connectivity index is 1.93. The minimum absolute atomic E-state index is 0.783. The van der Waals surface area contributed by atoms with Gasteiger partial charge < -0.3 is 5.32 Å². The topological polar surface area (TPSA) is 50.7 Å². The molecule has 2 rings (SSSR count). The first kappa shape index (κ1) is 12.8. The highest BCUT2D eigenvalue weighted by Gasteiger charge is 2.00. The van der Waals surface area contributed by atoms with Gasteiger partial charge in [0.25, 0.3) is 0 Å². The second kappa shape index (κ2) is 6.96. The molecule has 1 N–H and O–H groups in total. The molecule has 0 radical (unpaired) electrons. The highest BCUT2D eigenvalue weighted by Crippen LogP contribution is 2.17. The molecular formula is C13H16N4S. The summed E-state index contributed by atoms with van der Waals surface area (Å²) < 4.78 is 0. The van der Waals surface area contributed by atoms with Crippen molar-refractivity contribution in [3.63, 3.8) is 0 Å². The minimum Gasteiger partial charge on any atom is -0.370 e. The van der Waals surface area contributed by atoms with E-state index < -0.39 is 0 Å². The smallest absolute Gasteiger partial charge is 0.187 e. The molecule has 0 fully saturated rings. The highest BCUT2D eigenvalue weighted by molar-refractivity contribution is 7.98. The van der Waals surface area contributed by atoms with Gasteiger partial charge in [-0.2, -0.15) is 0 Å². The van der Waals surface area contributed by atoms with Crippen LogP contribution in [0, 0.1) is 0 Å². The third-order valence-corrected chi connectivity index (χ3v) is 3.16. The molecular weight excluding hydrogens is 244 g/mol. The zero-order valence-corrected chi connectivity index (χ0v) is 11.2. The van der Waals surface area contributed by atoms with Crippen molar-refractivity contribution in [3.05, 3.63) is 42.4 Å². The van der Waals surface area contributed by atoms with Crippen LogP contribution in [0.5, 0.6) is 0 Å². The molecule has 94 valence electrons. The van der Waals surface area contributed by atoms with Crippen LogP contribution < -0.4 is 5.32 Å². The number of anilines is 1. The Morgan fingerprint density at radius 3 is 2.78 bits per heavy atom. The average molecular weight is 260 g/mol. The van der Waals surface area contributed by atoms with Gasteiger partial charge in [-0.1, -0.05) is 24.8 Å². The van der Waals surface area contributed by atoms with Crippen molar-refractivity contribution < 1.29 is 0 Å². The molecule has 0 amide bonds. The van der Waals surface area contributed by atoms with Crippen LogP contribution in [-0.4, -0.2) is 21.5 Å². The average Bonchev–Trinajstić information content (AvgIpc) is 2.44. The van der Waals surface area contributed by atoms with Gasteiger partial charge in [-0.05, 0) is 24.6 Å². The Labute approximate surface area is 111 Å². The van der Waals surface area contributed by atoms with E-state index in [0.29, 0.717) is 0 Å². The van der Waals surface area contributed by atoms with Crippen LogP contribution >= 0.6 is 11.8 Å². The van der Waals surface area contributed by atoms with E-state index in [1.54, 1.807) is 24.2 Å². The van der Waals surface area contributed by atoms with E-state index in [4.69, 9.17) is 0 Å². The van der Waals surface area contributed by atoms with E-state index in [0.717, 1.165) is 35.4 Å². The first-order valence-corrected chi connectivity index (χ1v) is 6.96. The summed E-state index contributed by atoms with van der Waals surface area (Å²) in [6.07, 6.45) is 4.60. The van der Waals surface area contributed by atoms with Crippen molar-refractivity contribution in [3.8, 4) is 0 Å². The Morgan fingerprint density at radius 1 is 1.17 bits per heavy atom. The molecule has 2 aromatic heterocycles.